The molecule has 0 spiro atoms. The highest BCUT2D eigenvalue weighted by atomic mass is 16.4. The van der Waals surface area contributed by atoms with Gasteiger partial charge in [0.1, 0.15) is 5.76 Å². The standard InChI is InChI=1S/C14H23N3O2/c1-11-12(2)19-13(16-11)10-15-7-6-14(18)17-8-4-3-5-9-17/h15H,3-10H2,1-2H3. The number of aromatic nitrogens is 1. The van der Waals surface area contributed by atoms with Crippen LogP contribution in [0.2, 0.25) is 0 Å². The van der Waals surface area contributed by atoms with Crippen LogP contribution in [0.3, 0.4) is 0 Å². The molecule has 0 atom stereocenters. The molecule has 1 aromatic heterocycles. The number of carbonyl (C=O) groups is 1. The molecule has 1 aliphatic rings. The molecule has 1 amide bonds. The average molecular weight is 265 g/mol. The van der Waals surface area contributed by atoms with Crippen molar-refractivity contribution < 1.29 is 9.21 Å². The second kappa shape index (κ2) is 6.70. The number of carbonyl (C=O) groups excluding carboxylic acids is 1. The van der Waals surface area contributed by atoms with Crippen LogP contribution in [0.4, 0.5) is 0 Å². The third-order valence-electron chi connectivity index (χ3n) is 3.57. The van der Waals surface area contributed by atoms with E-state index in [0.717, 1.165) is 37.4 Å². The number of aryl methyl sites for hydroxylation is 2. The number of nitrogens with one attached hydrogen (secondary N) is 1. The van der Waals surface area contributed by atoms with Gasteiger partial charge >= 0.3 is 0 Å². The molecule has 1 aromatic rings. The summed E-state index contributed by atoms with van der Waals surface area (Å²) in [6.07, 6.45) is 4.10. The van der Waals surface area contributed by atoms with Gasteiger partial charge in [-0.3, -0.25) is 4.79 Å². The Hall–Kier alpha value is -1.36. The lowest BCUT2D eigenvalue weighted by molar-refractivity contribution is -0.131. The highest BCUT2D eigenvalue weighted by Crippen LogP contribution is 2.10. The highest BCUT2D eigenvalue weighted by Gasteiger charge is 2.15. The van der Waals surface area contributed by atoms with Crippen molar-refractivity contribution >= 4 is 5.91 Å². The Labute approximate surface area is 114 Å². The number of oxazole rings is 1. The maximum Gasteiger partial charge on any atom is 0.223 e. The monoisotopic (exact) mass is 265 g/mol. The number of piperidine rings is 1. The Morgan fingerprint density at radius 2 is 2.05 bits per heavy atom. The van der Waals surface area contributed by atoms with Gasteiger partial charge in [-0.15, -0.1) is 0 Å². The van der Waals surface area contributed by atoms with E-state index in [-0.39, 0.29) is 5.91 Å². The van der Waals surface area contributed by atoms with Crippen molar-refractivity contribution in [3.63, 3.8) is 0 Å². The van der Waals surface area contributed by atoms with Gasteiger partial charge in [-0.25, -0.2) is 4.98 Å². The van der Waals surface area contributed by atoms with Gasteiger partial charge in [-0.05, 0) is 33.1 Å². The normalized spacial score (nSPS) is 15.8. The summed E-state index contributed by atoms with van der Waals surface area (Å²) < 4.78 is 5.47. The molecule has 1 aliphatic heterocycles. The first-order valence-electron chi connectivity index (χ1n) is 7.08. The van der Waals surface area contributed by atoms with Crippen LogP contribution < -0.4 is 5.32 Å². The second-order valence-electron chi connectivity index (χ2n) is 5.12. The zero-order valence-electron chi connectivity index (χ0n) is 11.9. The molecule has 0 aromatic carbocycles. The maximum absolute atomic E-state index is 11.9. The fraction of sp³-hybridized carbons (Fsp3) is 0.714. The van der Waals surface area contributed by atoms with E-state index in [1.807, 2.05) is 18.7 Å². The van der Waals surface area contributed by atoms with Crippen LogP contribution in [0.1, 0.15) is 43.0 Å². The maximum atomic E-state index is 11.9. The SMILES string of the molecule is Cc1nc(CNCCC(=O)N2CCCCC2)oc1C. The quantitative estimate of drug-likeness (QED) is 0.825. The first-order chi connectivity index (χ1) is 9.16. The number of rotatable bonds is 5. The molecule has 106 valence electrons. The molecule has 2 heterocycles. The Morgan fingerprint density at radius 3 is 2.68 bits per heavy atom. The summed E-state index contributed by atoms with van der Waals surface area (Å²) in [6, 6.07) is 0. The Bertz CT molecular complexity index is 403. The van der Waals surface area contributed by atoms with Crippen LogP contribution in [0.5, 0.6) is 0 Å². The number of hydrogen-bond donors (Lipinski definition) is 1. The summed E-state index contributed by atoms with van der Waals surface area (Å²) in [4.78, 5) is 18.2. The summed E-state index contributed by atoms with van der Waals surface area (Å²) in [5.41, 5.74) is 0.932. The molecule has 0 saturated carbocycles. The third-order valence-corrected chi connectivity index (χ3v) is 3.57. The van der Waals surface area contributed by atoms with E-state index in [2.05, 4.69) is 10.3 Å². The lowest BCUT2D eigenvalue weighted by Crippen LogP contribution is -2.37. The molecule has 0 unspecified atom stereocenters. The Balaban J connectivity index is 1.64. The van der Waals surface area contributed by atoms with Gasteiger partial charge in [0.05, 0.1) is 12.2 Å². The van der Waals surface area contributed by atoms with Gasteiger partial charge < -0.3 is 14.6 Å². The Kier molecular flexibility index (Phi) is 4.96. The van der Waals surface area contributed by atoms with E-state index in [9.17, 15) is 4.79 Å². The predicted molar refractivity (Wildman–Crippen MR) is 72.7 cm³/mol. The molecule has 0 bridgehead atoms. The molecule has 1 N–H and O–H groups in total. The fourth-order valence-corrected chi connectivity index (χ4v) is 2.31. The molecule has 5 nitrogen and oxygen atoms in total. The minimum absolute atomic E-state index is 0.256. The van der Waals surface area contributed by atoms with Crippen molar-refractivity contribution in [1.82, 2.24) is 15.2 Å². The van der Waals surface area contributed by atoms with Crippen LogP contribution >= 0.6 is 0 Å². The largest absolute Gasteiger partial charge is 0.444 e. The van der Waals surface area contributed by atoms with E-state index in [4.69, 9.17) is 4.42 Å². The van der Waals surface area contributed by atoms with Gasteiger partial charge in [0.25, 0.3) is 0 Å². The number of likely N-dealkylation sites (tertiary alicyclic amines) is 1. The second-order valence-corrected chi connectivity index (χ2v) is 5.12. The van der Waals surface area contributed by atoms with Crippen molar-refractivity contribution in [1.29, 1.82) is 0 Å². The predicted octanol–water partition coefficient (Wildman–Crippen LogP) is 1.78. The van der Waals surface area contributed by atoms with Gasteiger partial charge in [0.2, 0.25) is 11.8 Å². The van der Waals surface area contributed by atoms with E-state index in [1.165, 1.54) is 6.42 Å². The molecule has 2 rings (SSSR count). The van der Waals surface area contributed by atoms with Gasteiger partial charge in [-0.2, -0.15) is 0 Å². The van der Waals surface area contributed by atoms with E-state index < -0.39 is 0 Å². The van der Waals surface area contributed by atoms with Crippen molar-refractivity contribution in [2.45, 2.75) is 46.1 Å². The Morgan fingerprint density at radius 1 is 1.32 bits per heavy atom. The van der Waals surface area contributed by atoms with E-state index in [0.29, 0.717) is 25.4 Å². The average Bonchev–Trinajstić information content (AvgIpc) is 2.74. The summed E-state index contributed by atoms with van der Waals surface area (Å²) in [5, 5.41) is 3.21. The first kappa shape index (κ1) is 14.1. The topological polar surface area (TPSA) is 58.4 Å². The van der Waals surface area contributed by atoms with Gasteiger partial charge in [0, 0.05) is 26.1 Å². The van der Waals surface area contributed by atoms with Crippen LogP contribution in [0, 0.1) is 13.8 Å². The van der Waals surface area contributed by atoms with Crippen LogP contribution in [-0.4, -0.2) is 35.4 Å². The summed E-state index contributed by atoms with van der Waals surface area (Å²) in [7, 11) is 0. The number of hydrogen-bond acceptors (Lipinski definition) is 4. The molecular weight excluding hydrogens is 242 g/mol. The number of amides is 1. The zero-order valence-corrected chi connectivity index (χ0v) is 11.9. The van der Waals surface area contributed by atoms with Crippen LogP contribution in [-0.2, 0) is 11.3 Å². The minimum Gasteiger partial charge on any atom is -0.444 e. The van der Waals surface area contributed by atoms with Gasteiger partial charge in [-0.1, -0.05) is 0 Å². The molecule has 1 fully saturated rings. The first-order valence-corrected chi connectivity index (χ1v) is 7.08. The van der Waals surface area contributed by atoms with Crippen molar-refractivity contribution in [2.75, 3.05) is 19.6 Å². The zero-order chi connectivity index (χ0) is 13.7. The molecular formula is C14H23N3O2. The summed E-state index contributed by atoms with van der Waals surface area (Å²) in [5.74, 6) is 1.81. The van der Waals surface area contributed by atoms with Gasteiger partial charge in [0.15, 0.2) is 0 Å². The number of nitrogens with zero attached hydrogens (tertiary/aromatic N) is 2. The van der Waals surface area contributed by atoms with Crippen molar-refractivity contribution in [3.8, 4) is 0 Å². The smallest absolute Gasteiger partial charge is 0.223 e. The molecule has 1 saturated heterocycles. The molecule has 19 heavy (non-hydrogen) atoms. The minimum atomic E-state index is 0.256. The molecule has 0 aliphatic carbocycles. The summed E-state index contributed by atoms with van der Waals surface area (Å²) >= 11 is 0. The molecule has 5 heteroatoms. The third kappa shape index (κ3) is 4.06. The summed E-state index contributed by atoms with van der Waals surface area (Å²) in [6.45, 7) is 6.96. The lowest BCUT2D eigenvalue weighted by atomic mass is 10.1. The fourth-order valence-electron chi connectivity index (χ4n) is 2.31. The lowest BCUT2D eigenvalue weighted by Gasteiger charge is -2.26. The van der Waals surface area contributed by atoms with Crippen molar-refractivity contribution in [3.05, 3.63) is 17.3 Å². The van der Waals surface area contributed by atoms with E-state index in [1.54, 1.807) is 0 Å². The molecule has 0 radical (unpaired) electrons. The highest BCUT2D eigenvalue weighted by molar-refractivity contribution is 5.76. The van der Waals surface area contributed by atoms with Crippen LogP contribution in [0.25, 0.3) is 0 Å². The van der Waals surface area contributed by atoms with Crippen LogP contribution in [0.15, 0.2) is 4.42 Å². The van der Waals surface area contributed by atoms with E-state index >= 15 is 0 Å². The van der Waals surface area contributed by atoms with Crippen molar-refractivity contribution in [2.24, 2.45) is 0 Å².